The third-order valence-electron chi connectivity index (χ3n) is 5.30. The number of aromatic amines is 1. The Kier molecular flexibility index (Phi) is 5.46. The van der Waals surface area contributed by atoms with Crippen molar-refractivity contribution < 1.29 is 9.59 Å². The Morgan fingerprint density at radius 2 is 1.90 bits per heavy atom. The predicted octanol–water partition coefficient (Wildman–Crippen LogP) is 3.79. The average Bonchev–Trinajstić information content (AvgIpc) is 3.50. The summed E-state index contributed by atoms with van der Waals surface area (Å²) < 4.78 is 1.32. The molecule has 156 valence electrons. The molecule has 11 heteroatoms. The van der Waals surface area contributed by atoms with E-state index in [1.54, 1.807) is 41.3 Å². The molecule has 7 nitrogen and oxygen atoms in total. The lowest BCUT2D eigenvalue weighted by molar-refractivity contribution is 0.0848. The average molecular weight is 478 g/mol. The minimum Gasteiger partial charge on any atom is -0.267 e. The molecule has 1 spiro atoms. The molecule has 1 fully saturated rings. The van der Waals surface area contributed by atoms with Crippen LogP contribution >= 0.6 is 46.6 Å². The Morgan fingerprint density at radius 1 is 1.13 bits per heavy atom. The number of rotatable bonds is 3. The number of fused-ring (bicyclic) bond motifs is 3. The van der Waals surface area contributed by atoms with E-state index in [-0.39, 0.29) is 15.9 Å². The van der Waals surface area contributed by atoms with Gasteiger partial charge in [-0.1, -0.05) is 0 Å². The maximum Gasteiger partial charge on any atom is 0.280 e. The van der Waals surface area contributed by atoms with Crippen LogP contribution in [0.2, 0.25) is 0 Å². The molecule has 0 unspecified atom stereocenters. The maximum atomic E-state index is 13.0. The van der Waals surface area contributed by atoms with Gasteiger partial charge in [0.15, 0.2) is 0 Å². The summed E-state index contributed by atoms with van der Waals surface area (Å²) in [5.74, 6) is 1.67. The van der Waals surface area contributed by atoms with Crippen molar-refractivity contribution in [2.24, 2.45) is 0 Å². The normalized spacial score (nSPS) is 17.2. The second kappa shape index (κ2) is 8.10. The summed E-state index contributed by atoms with van der Waals surface area (Å²) in [6, 6.07) is 5.01. The first-order valence-corrected chi connectivity index (χ1v) is 13.5. The standard InChI is InChI=1S/C19H19N5O2S4/c1-27-18-14-11(3-2-6-19(14)28-7-8-29-19)15(30-18)17(26)23-22-16(25)10-4-5-12-13(9-10)21-24-20-12/h4-5,9H,2-3,6-8H2,1H3,(H,22,25)(H,23,26)(H,20,21,24). The number of H-pyrrole nitrogens is 1. The maximum absolute atomic E-state index is 13.0. The molecular weight excluding hydrogens is 459 g/mol. The molecule has 1 saturated heterocycles. The number of hydrogen-bond acceptors (Lipinski definition) is 8. The zero-order valence-corrected chi connectivity index (χ0v) is 19.4. The van der Waals surface area contributed by atoms with E-state index in [4.69, 9.17) is 0 Å². The zero-order chi connectivity index (χ0) is 20.7. The van der Waals surface area contributed by atoms with E-state index in [0.29, 0.717) is 21.5 Å². The predicted molar refractivity (Wildman–Crippen MR) is 124 cm³/mol. The van der Waals surface area contributed by atoms with Crippen LogP contribution in [0.3, 0.4) is 0 Å². The number of thioether (sulfide) groups is 3. The number of carbonyl (C=O) groups is 2. The molecule has 2 aromatic heterocycles. The molecule has 1 aromatic carbocycles. The van der Waals surface area contributed by atoms with Gasteiger partial charge in [-0.3, -0.25) is 20.4 Å². The first kappa shape index (κ1) is 20.2. The highest BCUT2D eigenvalue weighted by molar-refractivity contribution is 8.20. The van der Waals surface area contributed by atoms with Crippen molar-refractivity contribution in [2.75, 3.05) is 17.8 Å². The second-order valence-corrected chi connectivity index (χ2v) is 12.2. The van der Waals surface area contributed by atoms with Crippen LogP contribution in [-0.4, -0.2) is 45.0 Å². The van der Waals surface area contributed by atoms with Gasteiger partial charge in [0.2, 0.25) is 0 Å². The molecule has 5 rings (SSSR count). The Balaban J connectivity index is 1.36. The highest BCUT2D eigenvalue weighted by Crippen LogP contribution is 2.61. The van der Waals surface area contributed by atoms with Crippen LogP contribution in [-0.2, 0) is 10.5 Å². The first-order valence-electron chi connectivity index (χ1n) is 9.50. The lowest BCUT2D eigenvalue weighted by Gasteiger charge is -2.33. The van der Waals surface area contributed by atoms with Crippen LogP contribution in [0, 0.1) is 0 Å². The van der Waals surface area contributed by atoms with Crippen LogP contribution in [0.15, 0.2) is 22.4 Å². The van der Waals surface area contributed by atoms with E-state index < -0.39 is 0 Å². The van der Waals surface area contributed by atoms with Gasteiger partial charge in [0, 0.05) is 22.6 Å². The molecule has 2 amide bonds. The summed E-state index contributed by atoms with van der Waals surface area (Å²) in [6.07, 6.45) is 5.22. The molecule has 0 radical (unpaired) electrons. The molecule has 30 heavy (non-hydrogen) atoms. The zero-order valence-electron chi connectivity index (χ0n) is 16.1. The fourth-order valence-electron chi connectivity index (χ4n) is 3.98. The molecule has 1 aliphatic carbocycles. The molecule has 3 N–H and O–H groups in total. The highest BCUT2D eigenvalue weighted by Gasteiger charge is 2.45. The minimum atomic E-state index is -0.387. The number of amides is 2. The van der Waals surface area contributed by atoms with Gasteiger partial charge >= 0.3 is 0 Å². The van der Waals surface area contributed by atoms with Crippen LogP contribution in [0.25, 0.3) is 11.0 Å². The van der Waals surface area contributed by atoms with Crippen molar-refractivity contribution >= 4 is 69.5 Å². The van der Waals surface area contributed by atoms with Crippen molar-refractivity contribution in [1.82, 2.24) is 26.3 Å². The quantitative estimate of drug-likeness (QED) is 0.390. The van der Waals surface area contributed by atoms with Gasteiger partial charge < -0.3 is 0 Å². The van der Waals surface area contributed by atoms with Gasteiger partial charge in [-0.15, -0.1) is 46.6 Å². The highest BCUT2D eigenvalue weighted by atomic mass is 32.2. The van der Waals surface area contributed by atoms with Crippen LogP contribution in [0.5, 0.6) is 0 Å². The molecule has 2 aliphatic rings. The number of nitrogens with zero attached hydrogens (tertiary/aromatic N) is 2. The molecular formula is C19H19N5O2S4. The number of benzene rings is 1. The van der Waals surface area contributed by atoms with Crippen molar-refractivity contribution in [3.05, 3.63) is 39.8 Å². The molecule has 0 bridgehead atoms. The Morgan fingerprint density at radius 3 is 2.70 bits per heavy atom. The van der Waals surface area contributed by atoms with E-state index >= 15 is 0 Å². The third kappa shape index (κ3) is 3.41. The summed E-state index contributed by atoms with van der Waals surface area (Å²) in [5, 5.41) is 10.5. The van der Waals surface area contributed by atoms with Crippen LogP contribution < -0.4 is 10.9 Å². The smallest absolute Gasteiger partial charge is 0.267 e. The largest absolute Gasteiger partial charge is 0.280 e. The monoisotopic (exact) mass is 477 g/mol. The van der Waals surface area contributed by atoms with E-state index in [1.807, 2.05) is 23.5 Å². The van der Waals surface area contributed by atoms with Gasteiger partial charge in [-0.25, -0.2) is 0 Å². The molecule has 3 aromatic rings. The Labute approximate surface area is 189 Å². The number of carbonyl (C=O) groups excluding carboxylic acids is 2. The summed E-state index contributed by atoms with van der Waals surface area (Å²) in [6.45, 7) is 0. The van der Waals surface area contributed by atoms with Crippen molar-refractivity contribution in [2.45, 2.75) is 27.6 Å². The van der Waals surface area contributed by atoms with Crippen molar-refractivity contribution in [3.63, 3.8) is 0 Å². The third-order valence-corrected chi connectivity index (χ3v) is 11.2. The number of hydrazine groups is 1. The summed E-state index contributed by atoms with van der Waals surface area (Å²) in [4.78, 5) is 26.2. The van der Waals surface area contributed by atoms with E-state index in [1.165, 1.54) is 9.77 Å². The number of thiophene rings is 1. The number of nitrogens with one attached hydrogen (secondary N) is 3. The van der Waals surface area contributed by atoms with E-state index in [0.717, 1.165) is 36.3 Å². The second-order valence-electron chi connectivity index (χ2n) is 7.02. The first-order chi connectivity index (χ1) is 14.6. The van der Waals surface area contributed by atoms with Gasteiger partial charge in [-0.05, 0) is 49.3 Å². The SMILES string of the molecule is CSc1sc(C(=O)NNC(=O)c2ccc3n[nH]nc3c2)c2c1C1(CCC2)SCCS1. The number of hydrogen-bond donors (Lipinski definition) is 3. The summed E-state index contributed by atoms with van der Waals surface area (Å²) >= 11 is 7.30. The van der Waals surface area contributed by atoms with Gasteiger partial charge in [0.05, 0.1) is 13.2 Å². The molecule has 0 atom stereocenters. The van der Waals surface area contributed by atoms with Gasteiger partial charge in [-0.2, -0.15) is 15.4 Å². The van der Waals surface area contributed by atoms with Gasteiger partial charge in [0.1, 0.15) is 11.0 Å². The van der Waals surface area contributed by atoms with Crippen LogP contribution in [0.1, 0.15) is 44.0 Å². The van der Waals surface area contributed by atoms with Crippen LogP contribution in [0.4, 0.5) is 0 Å². The topological polar surface area (TPSA) is 99.8 Å². The fourth-order valence-corrected chi connectivity index (χ4v) is 9.86. The van der Waals surface area contributed by atoms with E-state index in [9.17, 15) is 9.59 Å². The number of aromatic nitrogens is 3. The molecule has 3 heterocycles. The Hall–Kier alpha value is -1.69. The van der Waals surface area contributed by atoms with E-state index in [2.05, 4.69) is 32.5 Å². The molecule has 1 aliphatic heterocycles. The lowest BCUT2D eigenvalue weighted by Crippen LogP contribution is -2.41. The summed E-state index contributed by atoms with van der Waals surface area (Å²) in [7, 11) is 0. The lowest BCUT2D eigenvalue weighted by atomic mass is 9.92. The van der Waals surface area contributed by atoms with Gasteiger partial charge in [0.25, 0.3) is 11.8 Å². The summed E-state index contributed by atoms with van der Waals surface area (Å²) in [5.41, 5.74) is 9.36. The Bertz CT molecular complexity index is 1140. The fraction of sp³-hybridized carbons (Fsp3) is 0.368. The minimum absolute atomic E-state index is 0.0945. The van der Waals surface area contributed by atoms with Crippen molar-refractivity contribution in [3.8, 4) is 0 Å². The van der Waals surface area contributed by atoms with Crippen molar-refractivity contribution in [1.29, 1.82) is 0 Å². The molecule has 0 saturated carbocycles.